The monoisotopic (exact) mass is 474 g/mol. The standard InChI is InChI=1S/C24H24ClFN2O3S/c1-3-18-7-4-5-10-23(18)27-24(29)16-28(15-20-21(25)8-6-9-22(20)26)32(30,31)19-13-11-17(2)12-14-19/h4-14H,3,15-16H2,1-2H3,(H,27,29). The number of hydrogen-bond donors (Lipinski definition) is 1. The minimum absolute atomic E-state index is 0.00612. The lowest BCUT2D eigenvalue weighted by atomic mass is 10.1. The van der Waals surface area contributed by atoms with Crippen LogP contribution in [-0.4, -0.2) is 25.2 Å². The zero-order valence-electron chi connectivity index (χ0n) is 17.8. The van der Waals surface area contributed by atoms with E-state index in [1.54, 1.807) is 24.3 Å². The molecule has 0 unspecified atom stereocenters. The van der Waals surface area contributed by atoms with Crippen LogP contribution in [-0.2, 0) is 27.8 Å². The Morgan fingerprint density at radius 2 is 1.72 bits per heavy atom. The highest BCUT2D eigenvalue weighted by molar-refractivity contribution is 7.89. The Morgan fingerprint density at radius 1 is 1.03 bits per heavy atom. The van der Waals surface area contributed by atoms with Gasteiger partial charge in [-0.15, -0.1) is 0 Å². The Labute approximate surface area is 192 Å². The first-order valence-corrected chi connectivity index (χ1v) is 11.9. The average Bonchev–Trinajstić information content (AvgIpc) is 2.76. The fourth-order valence-electron chi connectivity index (χ4n) is 3.25. The van der Waals surface area contributed by atoms with Crippen molar-refractivity contribution in [3.05, 3.63) is 94.3 Å². The summed E-state index contributed by atoms with van der Waals surface area (Å²) >= 11 is 6.13. The Morgan fingerprint density at radius 3 is 2.38 bits per heavy atom. The molecule has 0 aliphatic carbocycles. The first-order chi connectivity index (χ1) is 15.2. The van der Waals surface area contributed by atoms with Gasteiger partial charge in [-0.2, -0.15) is 4.31 Å². The molecule has 168 valence electrons. The van der Waals surface area contributed by atoms with Crippen LogP contribution in [0.3, 0.4) is 0 Å². The summed E-state index contributed by atoms with van der Waals surface area (Å²) in [5.41, 5.74) is 2.43. The van der Waals surface area contributed by atoms with E-state index in [9.17, 15) is 17.6 Å². The van der Waals surface area contributed by atoms with E-state index in [0.717, 1.165) is 15.4 Å². The van der Waals surface area contributed by atoms with Crippen LogP contribution in [0.4, 0.5) is 10.1 Å². The second-order valence-corrected chi connectivity index (χ2v) is 9.69. The topological polar surface area (TPSA) is 66.5 Å². The molecule has 0 aliphatic rings. The van der Waals surface area contributed by atoms with E-state index >= 15 is 0 Å². The van der Waals surface area contributed by atoms with Crippen molar-refractivity contribution in [2.24, 2.45) is 0 Å². The molecule has 3 aromatic rings. The number of carbonyl (C=O) groups excluding carboxylic acids is 1. The molecule has 0 aromatic heterocycles. The number of halogens is 2. The zero-order chi connectivity index (χ0) is 23.3. The smallest absolute Gasteiger partial charge is 0.243 e. The number of nitrogens with one attached hydrogen (secondary N) is 1. The molecule has 3 rings (SSSR count). The number of anilines is 1. The molecule has 32 heavy (non-hydrogen) atoms. The summed E-state index contributed by atoms with van der Waals surface area (Å²) in [6.07, 6.45) is 0.701. The molecular formula is C24H24ClFN2O3S. The molecule has 1 amide bonds. The van der Waals surface area contributed by atoms with Crippen molar-refractivity contribution in [2.75, 3.05) is 11.9 Å². The van der Waals surface area contributed by atoms with E-state index in [4.69, 9.17) is 11.6 Å². The number of amides is 1. The highest BCUT2D eigenvalue weighted by Crippen LogP contribution is 2.25. The van der Waals surface area contributed by atoms with E-state index in [-0.39, 0.29) is 22.0 Å². The largest absolute Gasteiger partial charge is 0.325 e. The number of sulfonamides is 1. The summed E-state index contributed by atoms with van der Waals surface area (Å²) in [4.78, 5) is 12.9. The van der Waals surface area contributed by atoms with Crippen LogP contribution in [0.5, 0.6) is 0 Å². The molecule has 0 heterocycles. The van der Waals surface area contributed by atoms with Crippen molar-refractivity contribution in [3.63, 3.8) is 0 Å². The summed E-state index contributed by atoms with van der Waals surface area (Å²) in [5, 5.41) is 2.86. The number of nitrogens with zero attached hydrogens (tertiary/aromatic N) is 1. The van der Waals surface area contributed by atoms with Crippen LogP contribution in [0, 0.1) is 12.7 Å². The van der Waals surface area contributed by atoms with E-state index in [2.05, 4.69) is 5.32 Å². The van der Waals surface area contributed by atoms with Gasteiger partial charge in [-0.05, 0) is 49.2 Å². The molecule has 0 radical (unpaired) electrons. The van der Waals surface area contributed by atoms with Crippen LogP contribution in [0.15, 0.2) is 71.6 Å². The van der Waals surface area contributed by atoms with Gasteiger partial charge in [0.05, 0.1) is 11.4 Å². The molecule has 0 spiro atoms. The number of hydrogen-bond acceptors (Lipinski definition) is 3. The van der Waals surface area contributed by atoms with Crippen LogP contribution in [0.1, 0.15) is 23.6 Å². The van der Waals surface area contributed by atoms with Gasteiger partial charge in [0, 0.05) is 22.8 Å². The maximum absolute atomic E-state index is 14.4. The van der Waals surface area contributed by atoms with Crippen molar-refractivity contribution < 1.29 is 17.6 Å². The molecule has 5 nitrogen and oxygen atoms in total. The SMILES string of the molecule is CCc1ccccc1NC(=O)CN(Cc1c(F)cccc1Cl)S(=O)(=O)c1ccc(C)cc1. The molecule has 0 saturated carbocycles. The van der Waals surface area contributed by atoms with Crippen LogP contribution in [0.2, 0.25) is 5.02 Å². The molecule has 0 fully saturated rings. The van der Waals surface area contributed by atoms with Gasteiger partial charge >= 0.3 is 0 Å². The zero-order valence-corrected chi connectivity index (χ0v) is 19.4. The van der Waals surface area contributed by atoms with Crippen molar-refractivity contribution in [1.82, 2.24) is 4.31 Å². The van der Waals surface area contributed by atoms with Gasteiger partial charge in [0.25, 0.3) is 0 Å². The summed E-state index contributed by atoms with van der Waals surface area (Å²) in [5.74, 6) is -1.17. The molecule has 3 aromatic carbocycles. The Bertz CT molecular complexity index is 1190. The number of para-hydroxylation sites is 1. The summed E-state index contributed by atoms with van der Waals surface area (Å²) in [7, 11) is -4.11. The van der Waals surface area contributed by atoms with Crippen molar-refractivity contribution in [3.8, 4) is 0 Å². The molecule has 0 bridgehead atoms. The van der Waals surface area contributed by atoms with E-state index in [1.807, 2.05) is 26.0 Å². The fraction of sp³-hybridized carbons (Fsp3) is 0.208. The van der Waals surface area contributed by atoms with Gasteiger partial charge in [0.1, 0.15) is 5.82 Å². The minimum atomic E-state index is -4.11. The number of benzene rings is 3. The van der Waals surface area contributed by atoms with E-state index in [0.29, 0.717) is 12.1 Å². The third-order valence-electron chi connectivity index (χ3n) is 5.05. The summed E-state index contributed by atoms with van der Waals surface area (Å²) in [6, 6.07) is 17.7. The van der Waals surface area contributed by atoms with Crippen LogP contribution < -0.4 is 5.32 Å². The predicted octanol–water partition coefficient (Wildman–Crippen LogP) is 5.18. The number of aryl methyl sites for hydroxylation is 2. The second kappa shape index (κ2) is 10.3. The van der Waals surface area contributed by atoms with Gasteiger partial charge in [0.15, 0.2) is 0 Å². The number of rotatable bonds is 8. The van der Waals surface area contributed by atoms with Crippen LogP contribution >= 0.6 is 11.6 Å². The van der Waals surface area contributed by atoms with Gasteiger partial charge < -0.3 is 5.32 Å². The number of carbonyl (C=O) groups is 1. The minimum Gasteiger partial charge on any atom is -0.325 e. The van der Waals surface area contributed by atoms with Crippen LogP contribution in [0.25, 0.3) is 0 Å². The predicted molar refractivity (Wildman–Crippen MR) is 125 cm³/mol. The maximum Gasteiger partial charge on any atom is 0.243 e. The Balaban J connectivity index is 1.94. The third-order valence-corrected chi connectivity index (χ3v) is 7.21. The molecule has 0 saturated heterocycles. The molecular weight excluding hydrogens is 451 g/mol. The lowest BCUT2D eigenvalue weighted by molar-refractivity contribution is -0.116. The highest BCUT2D eigenvalue weighted by atomic mass is 35.5. The molecule has 8 heteroatoms. The maximum atomic E-state index is 14.4. The molecule has 0 aliphatic heterocycles. The first kappa shape index (κ1) is 23.9. The summed E-state index contributed by atoms with van der Waals surface area (Å²) in [6.45, 7) is 2.91. The van der Waals surface area contributed by atoms with E-state index in [1.165, 1.54) is 30.3 Å². The van der Waals surface area contributed by atoms with E-state index < -0.39 is 28.3 Å². The van der Waals surface area contributed by atoms with Gasteiger partial charge in [-0.25, -0.2) is 12.8 Å². The molecule has 1 N–H and O–H groups in total. The lowest BCUT2D eigenvalue weighted by Gasteiger charge is -2.23. The summed E-state index contributed by atoms with van der Waals surface area (Å²) < 4.78 is 42.1. The van der Waals surface area contributed by atoms with Gasteiger partial charge in [0.2, 0.25) is 15.9 Å². The Kier molecular flexibility index (Phi) is 7.66. The van der Waals surface area contributed by atoms with Gasteiger partial charge in [-0.3, -0.25) is 4.79 Å². The third kappa shape index (κ3) is 5.54. The van der Waals surface area contributed by atoms with Crippen molar-refractivity contribution in [1.29, 1.82) is 0 Å². The Hall–Kier alpha value is -2.74. The quantitative estimate of drug-likeness (QED) is 0.489. The van der Waals surface area contributed by atoms with Crippen molar-refractivity contribution >= 4 is 33.2 Å². The van der Waals surface area contributed by atoms with Crippen molar-refractivity contribution in [2.45, 2.75) is 31.7 Å². The first-order valence-electron chi connectivity index (χ1n) is 10.1. The second-order valence-electron chi connectivity index (χ2n) is 7.35. The average molecular weight is 475 g/mol. The molecule has 0 atom stereocenters. The van der Waals surface area contributed by atoms with Gasteiger partial charge in [-0.1, -0.05) is 60.5 Å². The lowest BCUT2D eigenvalue weighted by Crippen LogP contribution is -2.38. The highest BCUT2D eigenvalue weighted by Gasteiger charge is 2.28. The fourth-order valence-corrected chi connectivity index (χ4v) is 4.83. The normalized spacial score (nSPS) is 11.5.